The van der Waals surface area contributed by atoms with Crippen LogP contribution < -0.4 is 16.9 Å². The summed E-state index contributed by atoms with van der Waals surface area (Å²) in [6.45, 7) is 0.0238. The molecule has 0 bridgehead atoms. The molecule has 1 heterocycles. The average Bonchev–Trinajstić information content (AvgIpc) is 2.36. The third-order valence-corrected chi connectivity index (χ3v) is 2.52. The molecule has 0 fully saturated rings. The number of rotatable bonds is 3. The van der Waals surface area contributed by atoms with E-state index in [9.17, 15) is 19.7 Å². The number of nitrogens with one attached hydrogen (secondary N) is 1. The second kappa shape index (κ2) is 4.77. The number of hydrogen-bond acceptors (Lipinski definition) is 5. The monoisotopic (exact) mass is 262 g/mol. The topological polar surface area (TPSA) is 124 Å². The minimum Gasteiger partial charge on any atom is -0.393 e. The fourth-order valence-corrected chi connectivity index (χ4v) is 1.61. The van der Waals surface area contributed by atoms with Crippen LogP contribution in [0.4, 0.5) is 11.4 Å². The molecular formula is C11H10N4O4. The van der Waals surface area contributed by atoms with Crippen LogP contribution in [0.5, 0.6) is 0 Å². The summed E-state index contributed by atoms with van der Waals surface area (Å²) >= 11 is 0. The summed E-state index contributed by atoms with van der Waals surface area (Å²) in [4.78, 5) is 32.8. The maximum absolute atomic E-state index is 11.5. The van der Waals surface area contributed by atoms with Gasteiger partial charge in [-0.25, -0.2) is 4.68 Å². The van der Waals surface area contributed by atoms with Crippen molar-refractivity contribution in [1.82, 2.24) is 9.78 Å². The Hall–Kier alpha value is -2.90. The Kier molecular flexibility index (Phi) is 3.15. The quantitative estimate of drug-likeness (QED) is 0.460. The first-order valence-corrected chi connectivity index (χ1v) is 5.30. The smallest absolute Gasteiger partial charge is 0.292 e. The minimum absolute atomic E-state index is 0.0238. The van der Waals surface area contributed by atoms with Crippen LogP contribution in [0.15, 0.2) is 39.9 Å². The average molecular weight is 262 g/mol. The van der Waals surface area contributed by atoms with Gasteiger partial charge in [-0.2, -0.15) is 0 Å². The van der Waals surface area contributed by atoms with Gasteiger partial charge in [-0.15, -0.1) is 0 Å². The number of nitro groups is 1. The number of nitrogen functional groups attached to an aromatic ring is 1. The molecule has 0 radical (unpaired) electrons. The molecule has 2 aromatic rings. The number of H-pyrrole nitrogens is 1. The van der Waals surface area contributed by atoms with Crippen LogP contribution in [0.3, 0.4) is 0 Å². The molecule has 0 atom stereocenters. The number of hydrogen-bond donors (Lipinski definition) is 2. The van der Waals surface area contributed by atoms with E-state index in [1.54, 1.807) is 6.07 Å². The fraction of sp³-hybridized carbons (Fsp3) is 0.0909. The number of nitro benzene ring substituents is 1. The predicted octanol–water partition coefficient (Wildman–Crippen LogP) is 0.0753. The van der Waals surface area contributed by atoms with Crippen molar-refractivity contribution in [3.63, 3.8) is 0 Å². The third kappa shape index (κ3) is 2.68. The van der Waals surface area contributed by atoms with Crippen LogP contribution in [-0.4, -0.2) is 14.7 Å². The molecule has 0 aliphatic heterocycles. The van der Waals surface area contributed by atoms with Gasteiger partial charge in [-0.05, 0) is 11.6 Å². The van der Waals surface area contributed by atoms with Crippen molar-refractivity contribution in [3.8, 4) is 0 Å². The van der Waals surface area contributed by atoms with Crippen LogP contribution in [-0.2, 0) is 6.54 Å². The van der Waals surface area contributed by atoms with Gasteiger partial charge >= 0.3 is 0 Å². The summed E-state index contributed by atoms with van der Waals surface area (Å²) in [5, 5.41) is 13.1. The van der Waals surface area contributed by atoms with E-state index in [0.29, 0.717) is 5.56 Å². The summed E-state index contributed by atoms with van der Waals surface area (Å²) in [6.07, 6.45) is 0. The van der Waals surface area contributed by atoms with E-state index in [2.05, 4.69) is 5.10 Å². The van der Waals surface area contributed by atoms with E-state index in [-0.39, 0.29) is 17.9 Å². The Morgan fingerprint density at radius 3 is 2.68 bits per heavy atom. The number of anilines is 1. The molecule has 1 aromatic carbocycles. The lowest BCUT2D eigenvalue weighted by Crippen LogP contribution is -2.28. The molecule has 0 aliphatic carbocycles. The zero-order valence-corrected chi connectivity index (χ0v) is 9.70. The molecule has 0 unspecified atom stereocenters. The standard InChI is InChI=1S/C11H10N4O4/c12-8-2-1-7(5-9(8)15(18)19)6-14-11(17)4-3-10(16)13-14/h1-5H,6,12H2,(H,13,16). The minimum atomic E-state index is -0.602. The first-order chi connectivity index (χ1) is 8.97. The van der Waals surface area contributed by atoms with Gasteiger partial charge in [0.15, 0.2) is 0 Å². The Morgan fingerprint density at radius 2 is 2.00 bits per heavy atom. The highest BCUT2D eigenvalue weighted by atomic mass is 16.6. The van der Waals surface area contributed by atoms with Gasteiger partial charge in [0.1, 0.15) is 5.69 Å². The van der Waals surface area contributed by atoms with E-state index >= 15 is 0 Å². The molecule has 0 spiro atoms. The van der Waals surface area contributed by atoms with Crippen LogP contribution in [0.2, 0.25) is 0 Å². The van der Waals surface area contributed by atoms with Crippen LogP contribution in [0.25, 0.3) is 0 Å². The lowest BCUT2D eigenvalue weighted by atomic mass is 10.2. The zero-order valence-electron chi connectivity index (χ0n) is 9.70. The van der Waals surface area contributed by atoms with Gasteiger partial charge in [0, 0.05) is 18.2 Å². The van der Waals surface area contributed by atoms with Crippen molar-refractivity contribution in [1.29, 1.82) is 0 Å². The number of nitrogens with two attached hydrogens (primary N) is 1. The Morgan fingerprint density at radius 1 is 1.26 bits per heavy atom. The summed E-state index contributed by atoms with van der Waals surface area (Å²) < 4.78 is 1.07. The van der Waals surface area contributed by atoms with Crippen molar-refractivity contribution >= 4 is 11.4 Å². The first kappa shape index (κ1) is 12.6. The molecule has 98 valence electrons. The van der Waals surface area contributed by atoms with Gasteiger partial charge < -0.3 is 5.73 Å². The molecular weight excluding hydrogens is 252 g/mol. The molecule has 19 heavy (non-hydrogen) atoms. The maximum atomic E-state index is 11.5. The van der Waals surface area contributed by atoms with E-state index in [0.717, 1.165) is 16.8 Å². The first-order valence-electron chi connectivity index (χ1n) is 5.30. The fourth-order valence-electron chi connectivity index (χ4n) is 1.61. The highest BCUT2D eigenvalue weighted by Crippen LogP contribution is 2.22. The van der Waals surface area contributed by atoms with E-state index in [1.807, 2.05) is 0 Å². The van der Waals surface area contributed by atoms with Gasteiger partial charge in [0.2, 0.25) is 0 Å². The van der Waals surface area contributed by atoms with Crippen molar-refractivity contribution in [2.45, 2.75) is 6.54 Å². The predicted molar refractivity (Wildman–Crippen MR) is 67.9 cm³/mol. The molecule has 0 saturated carbocycles. The lowest BCUT2D eigenvalue weighted by Gasteiger charge is -2.05. The summed E-state index contributed by atoms with van der Waals surface area (Å²) in [5.41, 5.74) is 4.94. The molecule has 1 aromatic heterocycles. The molecule has 0 amide bonds. The van der Waals surface area contributed by atoms with Crippen molar-refractivity contribution in [3.05, 3.63) is 66.7 Å². The molecule has 2 rings (SSSR count). The number of benzene rings is 1. The van der Waals surface area contributed by atoms with Crippen LogP contribution >= 0.6 is 0 Å². The highest BCUT2D eigenvalue weighted by Gasteiger charge is 2.12. The summed E-state index contributed by atoms with van der Waals surface area (Å²) in [5.74, 6) is 0. The van der Waals surface area contributed by atoms with Gasteiger partial charge in [0.25, 0.3) is 16.8 Å². The number of aromatic nitrogens is 2. The Balaban J connectivity index is 2.41. The normalized spacial score (nSPS) is 10.3. The molecule has 0 aliphatic rings. The van der Waals surface area contributed by atoms with Crippen LogP contribution in [0, 0.1) is 10.1 Å². The lowest BCUT2D eigenvalue weighted by molar-refractivity contribution is -0.384. The largest absolute Gasteiger partial charge is 0.393 e. The molecule has 8 heteroatoms. The van der Waals surface area contributed by atoms with E-state index in [4.69, 9.17) is 5.73 Å². The Bertz CT molecular complexity index is 747. The highest BCUT2D eigenvalue weighted by molar-refractivity contribution is 5.59. The SMILES string of the molecule is Nc1ccc(Cn2[nH]c(=O)ccc2=O)cc1[N+](=O)[O-]. The zero-order chi connectivity index (χ0) is 14.0. The van der Waals surface area contributed by atoms with Gasteiger partial charge in [-0.1, -0.05) is 6.07 Å². The van der Waals surface area contributed by atoms with Crippen molar-refractivity contribution < 1.29 is 4.92 Å². The summed E-state index contributed by atoms with van der Waals surface area (Å²) in [7, 11) is 0. The van der Waals surface area contributed by atoms with Crippen molar-refractivity contribution in [2.75, 3.05) is 5.73 Å². The molecule has 3 N–H and O–H groups in total. The van der Waals surface area contributed by atoms with E-state index < -0.39 is 16.0 Å². The molecule has 8 nitrogen and oxygen atoms in total. The second-order valence-electron chi connectivity index (χ2n) is 3.88. The molecule has 0 saturated heterocycles. The summed E-state index contributed by atoms with van der Waals surface area (Å²) in [6, 6.07) is 6.46. The third-order valence-electron chi connectivity index (χ3n) is 2.52. The van der Waals surface area contributed by atoms with E-state index in [1.165, 1.54) is 12.1 Å². The second-order valence-corrected chi connectivity index (χ2v) is 3.88. The van der Waals surface area contributed by atoms with Crippen molar-refractivity contribution in [2.24, 2.45) is 0 Å². The number of nitrogens with zero attached hydrogens (tertiary/aromatic N) is 2. The van der Waals surface area contributed by atoms with Gasteiger partial charge in [-0.3, -0.25) is 24.8 Å². The number of aromatic amines is 1. The maximum Gasteiger partial charge on any atom is 0.292 e. The van der Waals surface area contributed by atoms with Crippen LogP contribution in [0.1, 0.15) is 5.56 Å². The van der Waals surface area contributed by atoms with Gasteiger partial charge in [0.05, 0.1) is 11.5 Å². The Labute approximate surface area is 106 Å².